The molecule has 0 atom stereocenters. The zero-order valence-electron chi connectivity index (χ0n) is 18.2. The topological polar surface area (TPSA) is 119 Å². The normalized spacial score (nSPS) is 14.0. The van der Waals surface area contributed by atoms with Gasteiger partial charge in [-0.1, -0.05) is 43.7 Å². The summed E-state index contributed by atoms with van der Waals surface area (Å²) in [5.41, 5.74) is 8.77. The van der Waals surface area contributed by atoms with E-state index in [4.69, 9.17) is 10.8 Å². The van der Waals surface area contributed by atoms with Crippen molar-refractivity contribution < 1.29 is 19.5 Å². The quantitative estimate of drug-likeness (QED) is 0.535. The number of unbranched alkanes of at least 4 members (excludes halogenated alkanes) is 1. The van der Waals surface area contributed by atoms with Crippen LogP contribution in [0.3, 0.4) is 0 Å². The van der Waals surface area contributed by atoms with E-state index in [9.17, 15) is 14.4 Å². The third-order valence-corrected chi connectivity index (χ3v) is 5.65. The highest BCUT2D eigenvalue weighted by Gasteiger charge is 2.35. The molecule has 3 N–H and O–H groups in total. The van der Waals surface area contributed by atoms with E-state index in [1.807, 2.05) is 4.57 Å². The molecule has 33 heavy (non-hydrogen) atoms. The Morgan fingerprint density at radius 2 is 1.85 bits per heavy atom. The van der Waals surface area contributed by atoms with Crippen molar-refractivity contribution in [3.8, 4) is 0 Å². The SMILES string of the molecule is CCCCc1ncc(/C=C2/C(=O)N(C(N)=O)c3ccccc32)n1Cc1ccc(C(=O)O)cc1. The highest BCUT2D eigenvalue weighted by molar-refractivity contribution is 6.41. The summed E-state index contributed by atoms with van der Waals surface area (Å²) in [4.78, 5) is 41.7. The van der Waals surface area contributed by atoms with Crippen LogP contribution >= 0.6 is 0 Å². The van der Waals surface area contributed by atoms with Crippen molar-refractivity contribution in [2.45, 2.75) is 32.7 Å². The number of carbonyl (C=O) groups excluding carboxylic acids is 2. The average Bonchev–Trinajstić information content (AvgIpc) is 3.30. The summed E-state index contributed by atoms with van der Waals surface area (Å²) in [6, 6.07) is 12.9. The Bertz CT molecular complexity index is 1260. The predicted octanol–water partition coefficient (Wildman–Crippen LogP) is 3.94. The molecule has 0 spiro atoms. The van der Waals surface area contributed by atoms with Crippen LogP contribution in [-0.4, -0.2) is 32.6 Å². The minimum atomic E-state index is -0.976. The minimum Gasteiger partial charge on any atom is -0.478 e. The summed E-state index contributed by atoms with van der Waals surface area (Å²) >= 11 is 0. The van der Waals surface area contributed by atoms with Gasteiger partial charge >= 0.3 is 12.0 Å². The summed E-state index contributed by atoms with van der Waals surface area (Å²) in [7, 11) is 0. The van der Waals surface area contributed by atoms with Gasteiger partial charge < -0.3 is 15.4 Å². The fourth-order valence-corrected chi connectivity index (χ4v) is 3.94. The maximum atomic E-state index is 13.0. The molecule has 8 nitrogen and oxygen atoms in total. The first kappa shape index (κ1) is 22.0. The number of carboxylic acid groups (broad SMARTS) is 1. The molecule has 1 aliphatic heterocycles. The van der Waals surface area contributed by atoms with Gasteiger partial charge in [-0.25, -0.2) is 19.5 Å². The lowest BCUT2D eigenvalue weighted by atomic mass is 10.1. The van der Waals surface area contributed by atoms with Gasteiger partial charge in [0.2, 0.25) is 0 Å². The zero-order valence-corrected chi connectivity index (χ0v) is 18.2. The van der Waals surface area contributed by atoms with Crippen LogP contribution in [0.25, 0.3) is 11.6 Å². The highest BCUT2D eigenvalue weighted by atomic mass is 16.4. The number of para-hydroxylation sites is 1. The number of rotatable bonds is 7. The van der Waals surface area contributed by atoms with E-state index >= 15 is 0 Å². The molecule has 0 saturated carbocycles. The van der Waals surface area contributed by atoms with Gasteiger partial charge in [-0.2, -0.15) is 0 Å². The summed E-state index contributed by atoms with van der Waals surface area (Å²) < 4.78 is 2.02. The largest absolute Gasteiger partial charge is 0.478 e. The van der Waals surface area contributed by atoms with Crippen LogP contribution in [0.1, 0.15) is 52.8 Å². The van der Waals surface area contributed by atoms with Crippen LogP contribution in [0.2, 0.25) is 0 Å². The Balaban J connectivity index is 1.76. The number of imide groups is 1. The van der Waals surface area contributed by atoms with E-state index in [0.717, 1.165) is 35.6 Å². The fourth-order valence-electron chi connectivity index (χ4n) is 3.94. The number of amides is 3. The summed E-state index contributed by atoms with van der Waals surface area (Å²) in [5, 5.41) is 9.15. The first-order valence-corrected chi connectivity index (χ1v) is 10.7. The number of aryl methyl sites for hydroxylation is 1. The van der Waals surface area contributed by atoms with Crippen LogP contribution in [0, 0.1) is 0 Å². The van der Waals surface area contributed by atoms with Gasteiger partial charge in [-0.3, -0.25) is 4.79 Å². The molecule has 8 heteroatoms. The van der Waals surface area contributed by atoms with E-state index in [1.54, 1.807) is 60.8 Å². The van der Waals surface area contributed by atoms with Crippen molar-refractivity contribution in [3.63, 3.8) is 0 Å². The molecule has 4 rings (SSSR count). The molecular formula is C25H24N4O4. The number of urea groups is 1. The van der Waals surface area contributed by atoms with Crippen LogP contribution in [0.4, 0.5) is 10.5 Å². The maximum Gasteiger partial charge on any atom is 0.335 e. The second kappa shape index (κ2) is 9.12. The molecule has 0 aliphatic carbocycles. The van der Waals surface area contributed by atoms with E-state index in [2.05, 4.69) is 11.9 Å². The van der Waals surface area contributed by atoms with Gasteiger partial charge in [0.25, 0.3) is 5.91 Å². The van der Waals surface area contributed by atoms with Crippen molar-refractivity contribution in [2.75, 3.05) is 4.90 Å². The van der Waals surface area contributed by atoms with Crippen molar-refractivity contribution in [1.82, 2.24) is 9.55 Å². The molecule has 3 aromatic rings. The first-order chi connectivity index (χ1) is 15.9. The number of hydrogen-bond acceptors (Lipinski definition) is 4. The van der Waals surface area contributed by atoms with Gasteiger partial charge in [0.1, 0.15) is 5.82 Å². The molecule has 0 saturated heterocycles. The molecule has 0 radical (unpaired) electrons. The van der Waals surface area contributed by atoms with Crippen molar-refractivity contribution in [1.29, 1.82) is 0 Å². The predicted molar refractivity (Wildman–Crippen MR) is 125 cm³/mol. The Kier molecular flexibility index (Phi) is 6.08. The number of aromatic carboxylic acids is 1. The van der Waals surface area contributed by atoms with E-state index in [-0.39, 0.29) is 5.56 Å². The molecule has 168 valence electrons. The number of nitrogens with zero attached hydrogens (tertiary/aromatic N) is 3. The lowest BCUT2D eigenvalue weighted by molar-refractivity contribution is -0.112. The molecule has 2 aromatic carbocycles. The van der Waals surface area contributed by atoms with Crippen molar-refractivity contribution in [2.24, 2.45) is 5.73 Å². The number of carboxylic acids is 1. The molecule has 0 fully saturated rings. The van der Waals surface area contributed by atoms with Crippen LogP contribution in [-0.2, 0) is 17.8 Å². The number of carbonyl (C=O) groups is 3. The number of primary amides is 1. The van der Waals surface area contributed by atoms with Crippen molar-refractivity contribution >= 4 is 35.2 Å². The Labute approximate surface area is 191 Å². The molecule has 1 aliphatic rings. The molecule has 1 aromatic heterocycles. The summed E-state index contributed by atoms with van der Waals surface area (Å²) in [5.74, 6) is -0.579. The molecule has 0 bridgehead atoms. The summed E-state index contributed by atoms with van der Waals surface area (Å²) in [6.07, 6.45) is 6.19. The molecule has 2 heterocycles. The number of aromatic nitrogens is 2. The average molecular weight is 444 g/mol. The maximum absolute atomic E-state index is 13.0. The minimum absolute atomic E-state index is 0.220. The molecule has 3 amide bonds. The Morgan fingerprint density at radius 3 is 2.52 bits per heavy atom. The number of fused-ring (bicyclic) bond motifs is 1. The third-order valence-electron chi connectivity index (χ3n) is 5.65. The lowest BCUT2D eigenvalue weighted by Gasteiger charge is -2.12. The summed E-state index contributed by atoms with van der Waals surface area (Å²) in [6.45, 7) is 2.57. The standard InChI is InChI=1S/C25H24N4O4/c1-2-3-8-22-27-14-18(28(22)15-16-9-11-17(12-10-16)24(31)32)13-20-19-6-4-5-7-21(19)29(23(20)30)25(26)33/h4-7,9-14H,2-3,8,15H2,1H3,(H2,26,33)(H,31,32)/b20-13+. The number of nitrogens with two attached hydrogens (primary N) is 1. The number of hydrogen-bond donors (Lipinski definition) is 2. The van der Waals surface area contributed by atoms with Gasteiger partial charge in [-0.05, 0) is 36.3 Å². The highest BCUT2D eigenvalue weighted by Crippen LogP contribution is 2.37. The van der Waals surface area contributed by atoms with Gasteiger partial charge in [0.05, 0.1) is 28.7 Å². The zero-order chi connectivity index (χ0) is 23.5. The molecular weight excluding hydrogens is 420 g/mol. The van der Waals surface area contributed by atoms with E-state index in [1.165, 1.54) is 0 Å². The first-order valence-electron chi connectivity index (χ1n) is 10.7. The van der Waals surface area contributed by atoms with Crippen LogP contribution in [0.5, 0.6) is 0 Å². The third kappa shape index (κ3) is 4.27. The Morgan fingerprint density at radius 1 is 1.12 bits per heavy atom. The second-order valence-electron chi connectivity index (χ2n) is 7.85. The second-order valence-corrected chi connectivity index (χ2v) is 7.85. The Hall–Kier alpha value is -4.20. The van der Waals surface area contributed by atoms with Gasteiger partial charge in [0, 0.05) is 18.5 Å². The molecule has 0 unspecified atom stereocenters. The lowest BCUT2D eigenvalue weighted by Crippen LogP contribution is -2.37. The fraction of sp³-hybridized carbons (Fsp3) is 0.200. The monoisotopic (exact) mass is 444 g/mol. The number of benzene rings is 2. The smallest absolute Gasteiger partial charge is 0.335 e. The number of anilines is 1. The van der Waals surface area contributed by atoms with Gasteiger partial charge in [0.15, 0.2) is 0 Å². The van der Waals surface area contributed by atoms with E-state index in [0.29, 0.717) is 29.1 Å². The van der Waals surface area contributed by atoms with Gasteiger partial charge in [-0.15, -0.1) is 0 Å². The number of imidazole rings is 1. The van der Waals surface area contributed by atoms with Crippen LogP contribution in [0.15, 0.2) is 54.7 Å². The van der Waals surface area contributed by atoms with Crippen LogP contribution < -0.4 is 10.6 Å². The van der Waals surface area contributed by atoms with E-state index < -0.39 is 17.9 Å². The van der Waals surface area contributed by atoms with Crippen molar-refractivity contribution in [3.05, 3.63) is 82.9 Å².